The number of halogens is 1. The first kappa shape index (κ1) is 9.45. The van der Waals surface area contributed by atoms with E-state index >= 15 is 0 Å². The number of aliphatic carboxylic acids is 1. The first-order valence-electron chi connectivity index (χ1n) is 4.17. The Balaban J connectivity index is 2.49. The minimum absolute atomic E-state index is 0.0706. The van der Waals surface area contributed by atoms with Gasteiger partial charge in [0.1, 0.15) is 5.54 Å². The van der Waals surface area contributed by atoms with Gasteiger partial charge in [0.2, 0.25) is 0 Å². The van der Waals surface area contributed by atoms with Crippen LogP contribution in [-0.4, -0.2) is 23.3 Å². The Morgan fingerprint density at radius 1 is 1.67 bits per heavy atom. The Morgan fingerprint density at radius 2 is 2.25 bits per heavy atom. The van der Waals surface area contributed by atoms with E-state index in [0.717, 1.165) is 12.8 Å². The highest BCUT2D eigenvalue weighted by molar-refractivity contribution is 5.78. The minimum Gasteiger partial charge on any atom is -0.480 e. The lowest BCUT2D eigenvalue weighted by atomic mass is 9.91. The van der Waals surface area contributed by atoms with E-state index in [-0.39, 0.29) is 6.42 Å². The van der Waals surface area contributed by atoms with Gasteiger partial charge in [0.25, 0.3) is 0 Å². The molecule has 1 aliphatic rings. The molecule has 3 N–H and O–H groups in total. The number of nitrogens with two attached hydrogens (primary N) is 1. The average Bonchev–Trinajstić information content (AvgIpc) is 2.71. The molecule has 0 bridgehead atoms. The highest BCUT2D eigenvalue weighted by atomic mass is 19.1. The maximum atomic E-state index is 12.0. The Kier molecular flexibility index (Phi) is 2.67. The highest BCUT2D eigenvalue weighted by Crippen LogP contribution is 2.37. The molecule has 70 valence electrons. The third kappa shape index (κ3) is 2.17. The lowest BCUT2D eigenvalue weighted by Crippen LogP contribution is -2.48. The van der Waals surface area contributed by atoms with E-state index in [0.29, 0.717) is 12.3 Å². The van der Waals surface area contributed by atoms with Gasteiger partial charge in [-0.3, -0.25) is 9.18 Å². The van der Waals surface area contributed by atoms with E-state index in [9.17, 15) is 9.18 Å². The second kappa shape index (κ2) is 3.39. The molecule has 1 atom stereocenters. The maximum absolute atomic E-state index is 12.0. The summed E-state index contributed by atoms with van der Waals surface area (Å²) in [5, 5.41) is 8.75. The number of hydrogen-bond acceptors (Lipinski definition) is 2. The van der Waals surface area contributed by atoms with E-state index in [2.05, 4.69) is 0 Å². The quantitative estimate of drug-likeness (QED) is 0.653. The molecule has 0 aliphatic heterocycles. The van der Waals surface area contributed by atoms with Crippen LogP contribution in [0.3, 0.4) is 0 Å². The predicted octanol–water partition coefficient (Wildman–Crippen LogP) is 0.928. The number of carboxylic acids is 1. The molecule has 0 radical (unpaired) electrons. The summed E-state index contributed by atoms with van der Waals surface area (Å²) in [6, 6.07) is 0. The molecule has 0 amide bonds. The Hall–Kier alpha value is -0.640. The summed E-state index contributed by atoms with van der Waals surface area (Å²) in [6.07, 6.45) is 2.43. The van der Waals surface area contributed by atoms with Crippen molar-refractivity contribution in [2.45, 2.75) is 31.2 Å². The van der Waals surface area contributed by atoms with Crippen molar-refractivity contribution in [3.63, 3.8) is 0 Å². The lowest BCUT2D eigenvalue weighted by molar-refractivity contribution is -0.144. The number of hydrogen-bond donors (Lipinski definition) is 2. The third-order valence-electron chi connectivity index (χ3n) is 2.32. The van der Waals surface area contributed by atoms with Crippen LogP contribution in [-0.2, 0) is 4.79 Å². The van der Waals surface area contributed by atoms with Gasteiger partial charge in [-0.05, 0) is 12.3 Å². The van der Waals surface area contributed by atoms with E-state index < -0.39 is 18.2 Å². The van der Waals surface area contributed by atoms with Gasteiger partial charge in [0.15, 0.2) is 0 Å². The van der Waals surface area contributed by atoms with Crippen molar-refractivity contribution in [3.05, 3.63) is 0 Å². The van der Waals surface area contributed by atoms with Gasteiger partial charge in [-0.25, -0.2) is 0 Å². The number of rotatable bonds is 5. The summed E-state index contributed by atoms with van der Waals surface area (Å²) >= 11 is 0. The summed E-state index contributed by atoms with van der Waals surface area (Å²) in [7, 11) is 0. The predicted molar refractivity (Wildman–Crippen MR) is 42.5 cm³/mol. The smallest absolute Gasteiger partial charge is 0.323 e. The molecule has 0 aromatic heterocycles. The SMILES string of the molecule is NC(CCF)(CC1CC1)C(=O)O. The van der Waals surface area contributed by atoms with Crippen LogP contribution in [0.1, 0.15) is 25.7 Å². The van der Waals surface area contributed by atoms with E-state index in [1.54, 1.807) is 0 Å². The zero-order valence-corrected chi connectivity index (χ0v) is 6.92. The Labute approximate surface area is 70.7 Å². The Bertz CT molecular complexity index is 182. The van der Waals surface area contributed by atoms with Crippen molar-refractivity contribution in [1.82, 2.24) is 0 Å². The van der Waals surface area contributed by atoms with Gasteiger partial charge in [0.05, 0.1) is 6.67 Å². The summed E-state index contributed by atoms with van der Waals surface area (Å²) in [4.78, 5) is 10.7. The van der Waals surface area contributed by atoms with Crippen LogP contribution in [0, 0.1) is 5.92 Å². The number of carboxylic acid groups (broad SMARTS) is 1. The zero-order chi connectivity index (χ0) is 9.19. The van der Waals surface area contributed by atoms with Gasteiger partial charge in [0, 0.05) is 6.42 Å². The van der Waals surface area contributed by atoms with Crippen LogP contribution in [0.2, 0.25) is 0 Å². The van der Waals surface area contributed by atoms with Gasteiger partial charge in [-0.15, -0.1) is 0 Å². The van der Waals surface area contributed by atoms with Crippen molar-refractivity contribution >= 4 is 5.97 Å². The fourth-order valence-electron chi connectivity index (χ4n) is 1.30. The molecule has 0 heterocycles. The van der Waals surface area contributed by atoms with Gasteiger partial charge >= 0.3 is 5.97 Å². The zero-order valence-electron chi connectivity index (χ0n) is 6.92. The summed E-state index contributed by atoms with van der Waals surface area (Å²) < 4.78 is 12.0. The molecule has 0 aromatic rings. The van der Waals surface area contributed by atoms with Crippen LogP contribution >= 0.6 is 0 Å². The highest BCUT2D eigenvalue weighted by Gasteiger charge is 2.39. The first-order valence-corrected chi connectivity index (χ1v) is 4.17. The normalized spacial score (nSPS) is 21.8. The molecule has 1 rings (SSSR count). The average molecular weight is 175 g/mol. The molecule has 4 heteroatoms. The van der Waals surface area contributed by atoms with Crippen LogP contribution < -0.4 is 5.73 Å². The van der Waals surface area contributed by atoms with E-state index in [4.69, 9.17) is 10.8 Å². The standard InChI is InChI=1S/C8H14FNO2/c9-4-3-8(10,7(11)12)5-6-1-2-6/h6H,1-5,10H2,(H,11,12). The van der Waals surface area contributed by atoms with Gasteiger partial charge in [-0.1, -0.05) is 12.8 Å². The van der Waals surface area contributed by atoms with E-state index in [1.807, 2.05) is 0 Å². The van der Waals surface area contributed by atoms with Crippen molar-refractivity contribution in [3.8, 4) is 0 Å². The molecular formula is C8H14FNO2. The van der Waals surface area contributed by atoms with Crippen LogP contribution in [0.5, 0.6) is 0 Å². The number of carbonyl (C=O) groups is 1. The summed E-state index contributed by atoms with van der Waals surface area (Å²) in [5.74, 6) is -0.662. The van der Waals surface area contributed by atoms with Crippen molar-refractivity contribution in [1.29, 1.82) is 0 Å². The minimum atomic E-state index is -1.32. The molecule has 3 nitrogen and oxygen atoms in total. The second-order valence-corrected chi connectivity index (χ2v) is 3.55. The largest absolute Gasteiger partial charge is 0.480 e. The molecule has 1 fully saturated rings. The molecule has 1 saturated carbocycles. The topological polar surface area (TPSA) is 63.3 Å². The molecule has 12 heavy (non-hydrogen) atoms. The molecule has 0 aromatic carbocycles. The van der Waals surface area contributed by atoms with Crippen LogP contribution in [0.15, 0.2) is 0 Å². The lowest BCUT2D eigenvalue weighted by Gasteiger charge is -2.22. The molecular weight excluding hydrogens is 161 g/mol. The fourth-order valence-corrected chi connectivity index (χ4v) is 1.30. The van der Waals surface area contributed by atoms with Crippen molar-refractivity contribution in [2.24, 2.45) is 11.7 Å². The van der Waals surface area contributed by atoms with Crippen molar-refractivity contribution < 1.29 is 14.3 Å². The van der Waals surface area contributed by atoms with Crippen LogP contribution in [0.4, 0.5) is 4.39 Å². The van der Waals surface area contributed by atoms with Crippen LogP contribution in [0.25, 0.3) is 0 Å². The number of alkyl halides is 1. The monoisotopic (exact) mass is 175 g/mol. The Morgan fingerprint density at radius 3 is 2.58 bits per heavy atom. The molecule has 0 spiro atoms. The van der Waals surface area contributed by atoms with E-state index in [1.165, 1.54) is 0 Å². The second-order valence-electron chi connectivity index (χ2n) is 3.55. The first-order chi connectivity index (χ1) is 5.58. The summed E-state index contributed by atoms with van der Waals surface area (Å²) in [6.45, 7) is -0.657. The molecule has 1 aliphatic carbocycles. The molecule has 0 saturated heterocycles. The third-order valence-corrected chi connectivity index (χ3v) is 2.32. The fraction of sp³-hybridized carbons (Fsp3) is 0.875. The van der Waals surface area contributed by atoms with Gasteiger partial charge in [-0.2, -0.15) is 0 Å². The van der Waals surface area contributed by atoms with Crippen molar-refractivity contribution in [2.75, 3.05) is 6.67 Å². The van der Waals surface area contributed by atoms with Gasteiger partial charge < -0.3 is 10.8 Å². The summed E-state index contributed by atoms with van der Waals surface area (Å²) in [5.41, 5.74) is 4.23. The molecule has 1 unspecified atom stereocenters. The maximum Gasteiger partial charge on any atom is 0.323 e.